The van der Waals surface area contributed by atoms with E-state index in [4.69, 9.17) is 5.73 Å². The monoisotopic (exact) mass is 249 g/mol. The van der Waals surface area contributed by atoms with Crippen molar-refractivity contribution < 1.29 is 4.92 Å². The number of anilines is 2. The molecule has 0 saturated carbocycles. The normalized spacial score (nSPS) is 19.9. The summed E-state index contributed by atoms with van der Waals surface area (Å²) in [6.45, 7) is 6.14. The number of nitro groups is 1. The molecule has 0 aliphatic carbocycles. The summed E-state index contributed by atoms with van der Waals surface area (Å²) in [5.41, 5.74) is 7.97. The standard InChI is InChI=1S/C13H19N3O2/c1-9-4-3-5-15(8-9)12-7-11(14)13(16(17)18)6-10(12)2/h6-7,9H,3-5,8,14H2,1-2H3/t9-/m1/s1. The van der Waals surface area contributed by atoms with Crippen LogP contribution in [0.25, 0.3) is 0 Å². The summed E-state index contributed by atoms with van der Waals surface area (Å²) in [4.78, 5) is 12.7. The lowest BCUT2D eigenvalue weighted by atomic mass is 9.98. The topological polar surface area (TPSA) is 72.4 Å². The van der Waals surface area contributed by atoms with Gasteiger partial charge in [-0.3, -0.25) is 10.1 Å². The van der Waals surface area contributed by atoms with Gasteiger partial charge >= 0.3 is 0 Å². The highest BCUT2D eigenvalue weighted by Gasteiger charge is 2.21. The summed E-state index contributed by atoms with van der Waals surface area (Å²) in [5, 5.41) is 10.8. The van der Waals surface area contributed by atoms with E-state index in [1.807, 2.05) is 6.92 Å². The van der Waals surface area contributed by atoms with E-state index in [1.54, 1.807) is 12.1 Å². The average Bonchev–Trinajstić information content (AvgIpc) is 2.31. The Hall–Kier alpha value is -1.78. The molecule has 1 fully saturated rings. The molecular weight excluding hydrogens is 230 g/mol. The van der Waals surface area contributed by atoms with Crippen LogP contribution in [0.4, 0.5) is 17.1 Å². The molecule has 18 heavy (non-hydrogen) atoms. The quantitative estimate of drug-likeness (QED) is 0.497. The Balaban J connectivity index is 2.34. The molecule has 0 unspecified atom stereocenters. The van der Waals surface area contributed by atoms with Crippen LogP contribution in [0, 0.1) is 23.0 Å². The summed E-state index contributed by atoms with van der Waals surface area (Å²) < 4.78 is 0. The third kappa shape index (κ3) is 2.39. The second-order valence-electron chi connectivity index (χ2n) is 5.15. The number of nitrogen functional groups attached to an aromatic ring is 1. The maximum absolute atomic E-state index is 10.8. The van der Waals surface area contributed by atoms with Gasteiger partial charge in [0.25, 0.3) is 5.69 Å². The third-order valence-corrected chi connectivity index (χ3v) is 3.54. The minimum Gasteiger partial charge on any atom is -0.393 e. The fourth-order valence-corrected chi connectivity index (χ4v) is 2.60. The first kappa shape index (κ1) is 12.7. The molecule has 5 nitrogen and oxygen atoms in total. The highest BCUT2D eigenvalue weighted by atomic mass is 16.6. The second kappa shape index (κ2) is 4.84. The molecule has 0 bridgehead atoms. The van der Waals surface area contributed by atoms with Crippen LogP contribution in [-0.2, 0) is 0 Å². The molecular formula is C13H19N3O2. The van der Waals surface area contributed by atoms with E-state index in [0.717, 1.165) is 30.8 Å². The number of nitro benzene ring substituents is 1. The Morgan fingerprint density at radius 3 is 2.83 bits per heavy atom. The molecule has 0 amide bonds. The first-order chi connectivity index (χ1) is 8.49. The number of benzene rings is 1. The van der Waals surface area contributed by atoms with E-state index in [0.29, 0.717) is 5.92 Å². The molecule has 98 valence electrons. The van der Waals surface area contributed by atoms with Gasteiger partial charge < -0.3 is 10.6 Å². The zero-order valence-electron chi connectivity index (χ0n) is 10.8. The maximum Gasteiger partial charge on any atom is 0.292 e. The van der Waals surface area contributed by atoms with Gasteiger partial charge in [-0.05, 0) is 37.3 Å². The summed E-state index contributed by atoms with van der Waals surface area (Å²) in [6.07, 6.45) is 2.41. The number of aryl methyl sites for hydroxylation is 1. The molecule has 2 N–H and O–H groups in total. The Morgan fingerprint density at radius 2 is 2.22 bits per heavy atom. The number of hydrogen-bond donors (Lipinski definition) is 1. The Kier molecular flexibility index (Phi) is 3.41. The molecule has 1 heterocycles. The van der Waals surface area contributed by atoms with E-state index >= 15 is 0 Å². The van der Waals surface area contributed by atoms with Crippen molar-refractivity contribution >= 4 is 17.1 Å². The molecule has 1 atom stereocenters. The largest absolute Gasteiger partial charge is 0.393 e. The molecule has 5 heteroatoms. The lowest BCUT2D eigenvalue weighted by molar-refractivity contribution is -0.383. The van der Waals surface area contributed by atoms with Crippen LogP contribution in [0.1, 0.15) is 25.3 Å². The fraction of sp³-hybridized carbons (Fsp3) is 0.538. The summed E-state index contributed by atoms with van der Waals surface area (Å²) in [5.74, 6) is 0.662. The molecule has 1 aromatic rings. The Bertz CT molecular complexity index is 474. The van der Waals surface area contributed by atoms with Crippen molar-refractivity contribution in [1.29, 1.82) is 0 Å². The average molecular weight is 249 g/mol. The smallest absolute Gasteiger partial charge is 0.292 e. The molecule has 2 rings (SSSR count). The molecule has 0 spiro atoms. The van der Waals surface area contributed by atoms with Crippen LogP contribution >= 0.6 is 0 Å². The minimum absolute atomic E-state index is 0.00121. The number of piperidine rings is 1. The Labute approximate surface area is 107 Å². The van der Waals surface area contributed by atoms with Gasteiger partial charge in [-0.25, -0.2) is 0 Å². The lowest BCUT2D eigenvalue weighted by Crippen LogP contribution is -2.34. The zero-order chi connectivity index (χ0) is 13.3. The van der Waals surface area contributed by atoms with Gasteiger partial charge in [-0.1, -0.05) is 6.92 Å². The van der Waals surface area contributed by atoms with Crippen molar-refractivity contribution in [3.63, 3.8) is 0 Å². The summed E-state index contributed by atoms with van der Waals surface area (Å²) in [6, 6.07) is 3.31. The van der Waals surface area contributed by atoms with Gasteiger partial charge in [0.05, 0.1) is 4.92 Å². The number of nitrogens with zero attached hydrogens (tertiary/aromatic N) is 2. The van der Waals surface area contributed by atoms with Gasteiger partial charge in [-0.2, -0.15) is 0 Å². The first-order valence-corrected chi connectivity index (χ1v) is 6.28. The molecule has 1 saturated heterocycles. The van der Waals surface area contributed by atoms with Crippen molar-refractivity contribution in [2.45, 2.75) is 26.7 Å². The van der Waals surface area contributed by atoms with E-state index in [9.17, 15) is 10.1 Å². The molecule has 1 aliphatic rings. The van der Waals surface area contributed by atoms with E-state index in [-0.39, 0.29) is 11.4 Å². The predicted octanol–water partition coefficient (Wildman–Crippen LogP) is 2.72. The molecule has 1 aromatic carbocycles. The zero-order valence-corrected chi connectivity index (χ0v) is 10.8. The fourth-order valence-electron chi connectivity index (χ4n) is 2.60. The van der Waals surface area contributed by atoms with Gasteiger partial charge in [0.2, 0.25) is 0 Å². The number of nitrogens with two attached hydrogens (primary N) is 1. The second-order valence-corrected chi connectivity index (χ2v) is 5.15. The van der Waals surface area contributed by atoms with Crippen LogP contribution in [0.3, 0.4) is 0 Å². The van der Waals surface area contributed by atoms with Crippen LogP contribution in [0.2, 0.25) is 0 Å². The Morgan fingerprint density at radius 1 is 1.50 bits per heavy atom. The molecule has 0 radical (unpaired) electrons. The SMILES string of the molecule is Cc1cc([N+](=O)[O-])c(N)cc1N1CCC[C@@H](C)C1. The van der Waals surface area contributed by atoms with Gasteiger partial charge in [0.1, 0.15) is 5.69 Å². The van der Waals surface area contributed by atoms with Crippen LogP contribution < -0.4 is 10.6 Å². The highest BCUT2D eigenvalue weighted by molar-refractivity contribution is 5.70. The van der Waals surface area contributed by atoms with Gasteiger partial charge in [-0.15, -0.1) is 0 Å². The third-order valence-electron chi connectivity index (χ3n) is 3.54. The molecule has 1 aliphatic heterocycles. The summed E-state index contributed by atoms with van der Waals surface area (Å²) in [7, 11) is 0. The van der Waals surface area contributed by atoms with Crippen LogP contribution in [0.5, 0.6) is 0 Å². The minimum atomic E-state index is -0.426. The van der Waals surface area contributed by atoms with Gasteiger partial charge in [0, 0.05) is 24.8 Å². The number of hydrogen-bond acceptors (Lipinski definition) is 4. The van der Waals surface area contributed by atoms with Crippen molar-refractivity contribution in [3.05, 3.63) is 27.8 Å². The van der Waals surface area contributed by atoms with Crippen molar-refractivity contribution in [2.75, 3.05) is 23.7 Å². The van der Waals surface area contributed by atoms with Crippen molar-refractivity contribution in [1.82, 2.24) is 0 Å². The van der Waals surface area contributed by atoms with Crippen molar-refractivity contribution in [2.24, 2.45) is 5.92 Å². The highest BCUT2D eigenvalue weighted by Crippen LogP contribution is 2.33. The van der Waals surface area contributed by atoms with E-state index in [2.05, 4.69) is 11.8 Å². The molecule has 0 aromatic heterocycles. The van der Waals surface area contributed by atoms with Crippen LogP contribution in [0.15, 0.2) is 12.1 Å². The number of rotatable bonds is 2. The van der Waals surface area contributed by atoms with Crippen molar-refractivity contribution in [3.8, 4) is 0 Å². The van der Waals surface area contributed by atoms with E-state index in [1.165, 1.54) is 6.42 Å². The predicted molar refractivity (Wildman–Crippen MR) is 72.9 cm³/mol. The maximum atomic E-state index is 10.8. The summed E-state index contributed by atoms with van der Waals surface area (Å²) >= 11 is 0. The lowest BCUT2D eigenvalue weighted by Gasteiger charge is -2.33. The van der Waals surface area contributed by atoms with E-state index < -0.39 is 4.92 Å². The first-order valence-electron chi connectivity index (χ1n) is 6.28. The van der Waals surface area contributed by atoms with Gasteiger partial charge in [0.15, 0.2) is 0 Å². The van der Waals surface area contributed by atoms with Crippen LogP contribution in [-0.4, -0.2) is 18.0 Å².